The molecule has 42 nitrogen and oxygen atoms in total. The number of aromatic hydroxyl groups is 1. The van der Waals surface area contributed by atoms with Gasteiger partial charge < -0.3 is 76.8 Å². The largest absolute Gasteiger partial charge is 0.508 e. The molecule has 0 spiro atoms. The molecule has 2 aliphatic heterocycles. The van der Waals surface area contributed by atoms with Gasteiger partial charge in [-0.05, 0) is 100 Å². The summed E-state index contributed by atoms with van der Waals surface area (Å²) in [6.07, 6.45) is -1.46. The van der Waals surface area contributed by atoms with Crippen LogP contribution >= 0.6 is 32.9 Å². The number of aromatic nitrogens is 5. The average molecular weight is 2000 g/mol. The number of nitrogens with one attached hydrogen (secondary N) is 5. The zero-order valence-electron chi connectivity index (χ0n) is 79.4. The molecule has 139 heavy (non-hydrogen) atoms. The number of hydrogen-bond acceptors (Lipinski definition) is 34. The summed E-state index contributed by atoms with van der Waals surface area (Å²) in [5.74, 6) is -22.6. The van der Waals surface area contributed by atoms with Gasteiger partial charge in [-0.2, -0.15) is 4.98 Å². The van der Waals surface area contributed by atoms with Crippen molar-refractivity contribution in [3.8, 4) is 5.75 Å². The molecule has 2 aliphatic rings. The number of fused-ring (bicyclic) bond motifs is 1. The Hall–Kier alpha value is -12.1. The van der Waals surface area contributed by atoms with Crippen molar-refractivity contribution < 1.29 is 131 Å². The van der Waals surface area contributed by atoms with Gasteiger partial charge in [0.2, 0.25) is 23.7 Å². The van der Waals surface area contributed by atoms with Crippen LogP contribution in [0, 0.1) is 47.3 Å². The normalized spacial score (nSPS) is 16.0. The van der Waals surface area contributed by atoms with Gasteiger partial charge in [-0.3, -0.25) is 101 Å². The number of carboxylic acid groups (broad SMARTS) is 5. The number of hydrogen-bond donors (Lipinski definition) is 12. The lowest BCUT2D eigenvalue weighted by molar-refractivity contribution is -0.162. The van der Waals surface area contributed by atoms with Crippen molar-refractivity contribution >= 4 is 156 Å². The van der Waals surface area contributed by atoms with Crippen molar-refractivity contribution in [3.05, 3.63) is 104 Å². The molecule has 0 radical (unpaired) electrons. The Morgan fingerprint density at radius 1 is 0.669 bits per heavy atom. The molecule has 0 aliphatic carbocycles. The number of piperidine rings is 1. The van der Waals surface area contributed by atoms with E-state index in [1.54, 1.807) is 36.1 Å². The number of phenols is 1. The second-order valence-corrected chi connectivity index (χ2v) is 39.1. The zero-order chi connectivity index (χ0) is 102. The first kappa shape index (κ1) is 114. The maximum Gasteiger partial charge on any atom is 0.407 e. The first-order chi connectivity index (χ1) is 66.0. The number of aromatic amines is 1. The zero-order valence-corrected chi connectivity index (χ0v) is 81.8. The second-order valence-electron chi connectivity index (χ2n) is 35.6. The van der Waals surface area contributed by atoms with Crippen molar-refractivity contribution in [2.45, 2.75) is 214 Å². The van der Waals surface area contributed by atoms with Crippen LogP contribution in [-0.4, -0.2) is 296 Å². The highest BCUT2D eigenvalue weighted by molar-refractivity contribution is 8.76. The van der Waals surface area contributed by atoms with E-state index in [-0.39, 0.29) is 139 Å². The highest BCUT2D eigenvalue weighted by Crippen LogP contribution is 2.35. The van der Waals surface area contributed by atoms with Gasteiger partial charge in [-0.15, -0.1) is 11.3 Å². The summed E-state index contributed by atoms with van der Waals surface area (Å²) in [5.41, 5.74) is 7.28. The monoisotopic (exact) mass is 2000 g/mol. The summed E-state index contributed by atoms with van der Waals surface area (Å²) < 4.78 is 16.9. The number of carboxylic acids is 5. The third kappa shape index (κ3) is 38.9. The number of nitrogens with two attached hydrogens (primary N) is 1. The number of Topliss-reactive ketones (excluding diaryl/α,β-unsaturated/α-hetero) is 6. The van der Waals surface area contributed by atoms with Gasteiger partial charge in [0.05, 0.1) is 61.1 Å². The van der Waals surface area contributed by atoms with E-state index in [1.165, 1.54) is 47.7 Å². The smallest absolute Gasteiger partial charge is 0.407 e. The van der Waals surface area contributed by atoms with E-state index < -0.39 is 230 Å². The van der Waals surface area contributed by atoms with Gasteiger partial charge in [0, 0.05) is 157 Å². The van der Waals surface area contributed by atoms with Gasteiger partial charge >= 0.3 is 47.9 Å². The first-order valence-corrected chi connectivity index (χ1v) is 49.8. The van der Waals surface area contributed by atoms with Crippen LogP contribution in [0.15, 0.2) is 64.9 Å². The van der Waals surface area contributed by atoms with E-state index in [0.717, 1.165) is 57.9 Å². The Balaban J connectivity index is 0.785. The number of thiazole rings is 1. The number of likely N-dealkylation sites (tertiary alicyclic amines) is 1. The topological polar surface area (TPSA) is 628 Å². The first-order valence-electron chi connectivity index (χ1n) is 46.4. The number of carbonyl (C=O) groups excluding carboxylic acids is 13. The molecule has 13 N–H and O–H groups in total. The maximum atomic E-state index is 15.1. The molecule has 0 saturated carbocycles. The Labute approximate surface area is 815 Å². The van der Waals surface area contributed by atoms with E-state index in [2.05, 4.69) is 46.2 Å². The Bertz CT molecular complexity index is 5170. The second kappa shape index (κ2) is 57.5. The summed E-state index contributed by atoms with van der Waals surface area (Å²) >= 11 is 1.03. The lowest BCUT2D eigenvalue weighted by atomic mass is 9.82. The minimum atomic E-state index is -1.69. The number of ketones is 6. The van der Waals surface area contributed by atoms with Gasteiger partial charge in [0.15, 0.2) is 41.3 Å². The molecule has 2 fully saturated rings. The number of phenolic OH excluding ortho intramolecular Hbond substituents is 1. The number of H-pyrrole nitrogens is 1. The van der Waals surface area contributed by atoms with Crippen molar-refractivity contribution in [2.75, 3.05) is 96.5 Å². The van der Waals surface area contributed by atoms with E-state index in [1.807, 2.05) is 51.5 Å². The lowest BCUT2D eigenvalue weighted by Crippen LogP contribution is -2.50. The molecule has 5 aromatic rings. The molecule has 5 amide bonds. The van der Waals surface area contributed by atoms with Crippen molar-refractivity contribution in [1.82, 2.24) is 65.8 Å². The van der Waals surface area contributed by atoms with Crippen LogP contribution in [0.25, 0.3) is 11.2 Å². The number of benzene rings is 2. The van der Waals surface area contributed by atoms with Crippen molar-refractivity contribution in [3.63, 3.8) is 0 Å². The van der Waals surface area contributed by atoms with E-state index in [9.17, 15) is 117 Å². The summed E-state index contributed by atoms with van der Waals surface area (Å²) in [6, 6.07) is 9.08. The van der Waals surface area contributed by atoms with Gasteiger partial charge in [-0.25, -0.2) is 24.5 Å². The van der Waals surface area contributed by atoms with Crippen LogP contribution in [0.4, 0.5) is 10.7 Å². The van der Waals surface area contributed by atoms with E-state index in [4.69, 9.17) is 19.9 Å². The Morgan fingerprint density at radius 2 is 1.30 bits per heavy atom. The highest BCUT2D eigenvalue weighted by Gasteiger charge is 2.41. The van der Waals surface area contributed by atoms with Gasteiger partial charge in [0.1, 0.15) is 46.4 Å². The number of aryl methyl sites for hydroxylation is 2. The number of aliphatic carboxylic acids is 5. The number of rotatable bonds is 63. The number of alkyl carbamates (subject to hydrolysis) is 1. The average Bonchev–Trinajstić information content (AvgIpc) is 1.59. The van der Waals surface area contributed by atoms with Crippen molar-refractivity contribution in [1.29, 1.82) is 0 Å². The van der Waals surface area contributed by atoms with Gasteiger partial charge in [-0.1, -0.05) is 112 Å². The summed E-state index contributed by atoms with van der Waals surface area (Å²) in [6.45, 7) is 13.4. The van der Waals surface area contributed by atoms with Gasteiger partial charge in [0.25, 0.3) is 11.5 Å². The number of ether oxygens (including phenoxy) is 3. The number of nitrogens with zero attached hydrogens (tertiary/aromatic N) is 8. The number of amides is 5. The molecule has 760 valence electrons. The summed E-state index contributed by atoms with van der Waals surface area (Å²) in [5, 5.41) is 71.8. The number of esters is 2. The molecule has 0 bridgehead atoms. The van der Waals surface area contributed by atoms with E-state index >= 15 is 4.79 Å². The van der Waals surface area contributed by atoms with E-state index in [0.29, 0.717) is 69.5 Å². The molecule has 3 aromatic heterocycles. The molecule has 12 atom stereocenters. The minimum absolute atomic E-state index is 0.0145. The molecule has 5 heterocycles. The standard InChI is InChI=1S/C94H128N14O28S3/c1-9-13-81(119)135-52-108(87(122)70(54(5)10-2)44-76(115)73-14-11-12-28-105(73)8)74(53(3)4)46-78(136-56(7)109)86-102-72(51-137-86)84(120)100-65(37-58-18-24-66(110)25-19-58)36-55(6)77(116)48-98-94(133)134-34-35-138-139-50-63(91(129)130)42-68(112)39-61(89(125)126)38-67(111)40-62(90(127)128)41-69(113)49-107-32-30-106(31-33-107)29-27-96-80(118)45-71(92(131)132)101-79(117)26-22-60(88(123)124)43-75(114)59-20-15-57(16-21-59)17-23-64-47-97-83-82(99-64)85(121)104-93(95)103-83/h15-16,18-21,24-25,47,51,53-55,60-63,65,70-71,73-74,78,110H,9-14,17,22-23,26-46,48-50,52H2,1-8H3,(H,96,118)(H,98,133)(H,100,120)(H,101,117)(H,123,124)(H,125,126)(H,127,128)(H,129,130)(H,131,132)(H3,95,97,103,104,121)/t54-,55+,60-,61+,62-,63+,65-,70+,71+,73-,74-,78-/m1/s1. The lowest BCUT2D eigenvalue weighted by Gasteiger charge is -2.39. The fourth-order valence-corrected chi connectivity index (χ4v) is 19.2. The van der Waals surface area contributed by atoms with Crippen molar-refractivity contribution in [2.24, 2.45) is 47.3 Å². The number of carbonyl (C=O) groups is 18. The minimum Gasteiger partial charge on any atom is -0.508 e. The molecule has 7 rings (SSSR count). The molecular formula is C94H128N14O28S3. The molecule has 2 aromatic carbocycles. The van der Waals surface area contributed by atoms with Crippen LogP contribution in [0.3, 0.4) is 0 Å². The van der Waals surface area contributed by atoms with Crippen LogP contribution in [0.5, 0.6) is 5.75 Å². The third-order valence-electron chi connectivity index (χ3n) is 24.4. The quantitative estimate of drug-likeness (QED) is 0.00478. The van der Waals surface area contributed by atoms with Crippen LogP contribution in [0.2, 0.25) is 0 Å². The molecule has 45 heteroatoms. The summed E-state index contributed by atoms with van der Waals surface area (Å²) in [7, 11) is 3.99. The fourth-order valence-electron chi connectivity index (χ4n) is 16.2. The maximum absolute atomic E-state index is 15.1. The van der Waals surface area contributed by atoms with Crippen LogP contribution < -0.4 is 32.6 Å². The third-order valence-corrected chi connectivity index (χ3v) is 27.7. The highest BCUT2D eigenvalue weighted by atomic mass is 33.1. The molecule has 0 unspecified atom stereocenters. The fraction of sp³-hybridized carbons (Fsp3) is 0.585. The number of anilines is 1. The number of nitrogen functional groups attached to an aromatic ring is 1. The summed E-state index contributed by atoms with van der Waals surface area (Å²) in [4.78, 5) is 275. The van der Waals surface area contributed by atoms with Crippen LogP contribution in [-0.2, 0) is 105 Å². The molecular weight excluding hydrogens is 1870 g/mol. The number of likely N-dealkylation sites (N-methyl/N-ethyl adjacent to an activating group) is 1. The Kier molecular flexibility index (Phi) is 47.1. The number of piperazine rings is 1. The molecule has 2 saturated heterocycles. The Morgan fingerprint density at radius 3 is 1.91 bits per heavy atom. The van der Waals surface area contributed by atoms with Crippen LogP contribution in [0.1, 0.15) is 213 Å². The SMILES string of the molecule is CCCC(=O)OCN(C(=O)[C@@H](CC(=O)[C@H]1CCCCN1C)[C@H](C)CC)[C@H](C[C@@H](OC(C)=O)c1nc(C(=O)N[C@@H](Cc2ccc(O)cc2)C[C@H](C)C(=O)CNC(=O)OCCSSC[C@H](CC(=O)C[C@H](CC(=O)C[C@H](CC(=O)CN2CCN(CCNC(=O)C[C@H](NC(=O)CC[C@H](CC(=O)c3ccc(CCc4cnc5nc(N)[nH]c(=O)c5n4)cc3)C(=O)O)C(=O)O)CC2)C(=O)O)C(=O)O)C(=O)O)cs1)C(C)C. The predicted octanol–water partition coefficient (Wildman–Crippen LogP) is 6.75. The predicted molar refractivity (Wildman–Crippen MR) is 509 cm³/mol.